The molecular weight excluding hydrogens is 219 g/mol. The van der Waals surface area contributed by atoms with Gasteiger partial charge in [0.05, 0.1) is 5.56 Å². The van der Waals surface area contributed by atoms with Crippen molar-refractivity contribution in [1.82, 2.24) is 4.98 Å². The predicted molar refractivity (Wildman–Crippen MR) is 56.4 cm³/mol. The Morgan fingerprint density at radius 1 is 1.38 bits per heavy atom. The van der Waals surface area contributed by atoms with Gasteiger partial charge >= 0.3 is 6.18 Å². The van der Waals surface area contributed by atoms with Crippen molar-refractivity contribution in [3.63, 3.8) is 0 Å². The van der Waals surface area contributed by atoms with Crippen LogP contribution in [0.3, 0.4) is 0 Å². The summed E-state index contributed by atoms with van der Waals surface area (Å²) < 4.78 is 37.4. The summed E-state index contributed by atoms with van der Waals surface area (Å²) in [5.41, 5.74) is 9.85. The fourth-order valence-corrected chi connectivity index (χ4v) is 1.13. The van der Waals surface area contributed by atoms with E-state index in [4.69, 9.17) is 11.5 Å². The van der Waals surface area contributed by atoms with Gasteiger partial charge in [0.15, 0.2) is 0 Å². The van der Waals surface area contributed by atoms with Crippen molar-refractivity contribution in [3.8, 4) is 0 Å². The molecule has 0 radical (unpaired) electrons. The molecular formula is C10H12F3N3. The Balaban J connectivity index is 2.99. The first kappa shape index (κ1) is 12.5. The second kappa shape index (κ2) is 4.98. The summed E-state index contributed by atoms with van der Waals surface area (Å²) in [5, 5.41) is 0. The molecule has 0 aromatic carbocycles. The standard InChI is InChI=1S/C10H12F3N3/c11-10(12,13)8-5-7(3-1-2-4-14)6-16-9(8)15/h1,3,5-6H,2,4,14H2,(H2,15,16). The van der Waals surface area contributed by atoms with Crippen LogP contribution in [0, 0.1) is 0 Å². The van der Waals surface area contributed by atoms with Crippen LogP contribution in [0.25, 0.3) is 6.08 Å². The molecule has 0 fully saturated rings. The fourth-order valence-electron chi connectivity index (χ4n) is 1.13. The summed E-state index contributed by atoms with van der Waals surface area (Å²) in [6.45, 7) is 0.449. The highest BCUT2D eigenvalue weighted by atomic mass is 19.4. The molecule has 88 valence electrons. The summed E-state index contributed by atoms with van der Waals surface area (Å²) in [5.74, 6) is -0.511. The minimum atomic E-state index is -4.48. The number of aromatic nitrogens is 1. The van der Waals surface area contributed by atoms with E-state index in [-0.39, 0.29) is 0 Å². The molecule has 3 nitrogen and oxygen atoms in total. The molecule has 0 bridgehead atoms. The fraction of sp³-hybridized carbons (Fsp3) is 0.300. The molecule has 0 atom stereocenters. The van der Waals surface area contributed by atoms with Crippen molar-refractivity contribution in [2.45, 2.75) is 12.6 Å². The molecule has 1 aromatic heterocycles. The zero-order valence-electron chi connectivity index (χ0n) is 8.46. The number of alkyl halides is 3. The third kappa shape index (κ3) is 3.23. The normalized spacial score (nSPS) is 12.2. The number of nitrogens with two attached hydrogens (primary N) is 2. The van der Waals surface area contributed by atoms with Crippen LogP contribution in [0.15, 0.2) is 18.3 Å². The maximum atomic E-state index is 12.5. The first-order valence-corrected chi connectivity index (χ1v) is 4.64. The van der Waals surface area contributed by atoms with E-state index in [0.717, 1.165) is 6.07 Å². The lowest BCUT2D eigenvalue weighted by atomic mass is 10.1. The van der Waals surface area contributed by atoms with E-state index in [1.54, 1.807) is 6.08 Å². The highest BCUT2D eigenvalue weighted by molar-refractivity contribution is 5.54. The van der Waals surface area contributed by atoms with Gasteiger partial charge in [-0.1, -0.05) is 12.2 Å². The maximum absolute atomic E-state index is 12.5. The van der Waals surface area contributed by atoms with Crippen molar-refractivity contribution in [2.75, 3.05) is 12.3 Å². The van der Waals surface area contributed by atoms with Crippen molar-refractivity contribution >= 4 is 11.9 Å². The predicted octanol–water partition coefficient (Wildman–Crippen LogP) is 2.04. The summed E-state index contributed by atoms with van der Waals surface area (Å²) >= 11 is 0. The lowest BCUT2D eigenvalue weighted by Gasteiger charge is -2.09. The zero-order chi connectivity index (χ0) is 12.2. The molecule has 0 aliphatic rings. The lowest BCUT2D eigenvalue weighted by molar-refractivity contribution is -0.137. The van der Waals surface area contributed by atoms with Gasteiger partial charge in [-0.05, 0) is 24.6 Å². The first-order valence-electron chi connectivity index (χ1n) is 4.64. The van der Waals surface area contributed by atoms with Crippen LogP contribution >= 0.6 is 0 Å². The quantitative estimate of drug-likeness (QED) is 0.836. The van der Waals surface area contributed by atoms with E-state index in [0.29, 0.717) is 18.5 Å². The zero-order valence-corrected chi connectivity index (χ0v) is 8.46. The molecule has 1 rings (SSSR count). The summed E-state index contributed by atoms with van der Waals surface area (Å²) in [4.78, 5) is 3.50. The van der Waals surface area contributed by atoms with E-state index < -0.39 is 17.6 Å². The summed E-state index contributed by atoms with van der Waals surface area (Å²) in [7, 11) is 0. The highest BCUT2D eigenvalue weighted by Gasteiger charge is 2.33. The minimum absolute atomic E-state index is 0.356. The number of rotatable bonds is 3. The largest absolute Gasteiger partial charge is 0.419 e. The van der Waals surface area contributed by atoms with Gasteiger partial charge in [0, 0.05) is 6.20 Å². The Hall–Kier alpha value is -1.56. The molecule has 0 unspecified atom stereocenters. The van der Waals surface area contributed by atoms with Crippen LogP contribution in [-0.4, -0.2) is 11.5 Å². The maximum Gasteiger partial charge on any atom is 0.419 e. The van der Waals surface area contributed by atoms with E-state index in [1.165, 1.54) is 12.3 Å². The van der Waals surface area contributed by atoms with Gasteiger partial charge in [-0.15, -0.1) is 0 Å². The highest BCUT2D eigenvalue weighted by Crippen LogP contribution is 2.33. The van der Waals surface area contributed by atoms with Crippen molar-refractivity contribution in [1.29, 1.82) is 0 Å². The van der Waals surface area contributed by atoms with Crippen molar-refractivity contribution in [2.24, 2.45) is 5.73 Å². The van der Waals surface area contributed by atoms with E-state index in [1.807, 2.05) is 0 Å². The number of hydrogen-bond acceptors (Lipinski definition) is 3. The average Bonchev–Trinajstić information content (AvgIpc) is 2.19. The number of nitrogen functional groups attached to an aromatic ring is 1. The Morgan fingerprint density at radius 2 is 2.06 bits per heavy atom. The number of pyridine rings is 1. The monoisotopic (exact) mass is 231 g/mol. The van der Waals surface area contributed by atoms with Gasteiger partial charge in [0.2, 0.25) is 0 Å². The van der Waals surface area contributed by atoms with Crippen LogP contribution in [-0.2, 0) is 6.18 Å². The topological polar surface area (TPSA) is 64.9 Å². The molecule has 0 aliphatic heterocycles. The summed E-state index contributed by atoms with van der Waals surface area (Å²) in [6.07, 6.45) is 0.639. The third-order valence-electron chi connectivity index (χ3n) is 1.89. The smallest absolute Gasteiger partial charge is 0.383 e. The second-order valence-corrected chi connectivity index (χ2v) is 3.18. The number of anilines is 1. The molecule has 4 N–H and O–H groups in total. The van der Waals surface area contributed by atoms with Crippen molar-refractivity contribution < 1.29 is 13.2 Å². The Bertz CT molecular complexity index is 385. The van der Waals surface area contributed by atoms with Gasteiger partial charge in [0.1, 0.15) is 5.82 Å². The molecule has 0 spiro atoms. The molecule has 0 saturated heterocycles. The second-order valence-electron chi connectivity index (χ2n) is 3.18. The lowest BCUT2D eigenvalue weighted by Crippen LogP contribution is -2.10. The SMILES string of the molecule is NCCC=Cc1cnc(N)c(C(F)(F)F)c1. The minimum Gasteiger partial charge on any atom is -0.383 e. The van der Waals surface area contributed by atoms with Crippen LogP contribution in [0.1, 0.15) is 17.5 Å². The average molecular weight is 231 g/mol. The van der Waals surface area contributed by atoms with Gasteiger partial charge in [0.25, 0.3) is 0 Å². The van der Waals surface area contributed by atoms with E-state index in [9.17, 15) is 13.2 Å². The molecule has 0 aliphatic carbocycles. The van der Waals surface area contributed by atoms with Crippen LogP contribution in [0.4, 0.5) is 19.0 Å². The molecule has 0 amide bonds. The molecule has 0 saturated carbocycles. The number of halogens is 3. The molecule has 16 heavy (non-hydrogen) atoms. The van der Waals surface area contributed by atoms with Gasteiger partial charge in [-0.2, -0.15) is 13.2 Å². The Kier molecular flexibility index (Phi) is 3.89. The van der Waals surface area contributed by atoms with Crippen LogP contribution < -0.4 is 11.5 Å². The van der Waals surface area contributed by atoms with Gasteiger partial charge < -0.3 is 11.5 Å². The molecule has 1 heterocycles. The van der Waals surface area contributed by atoms with Crippen LogP contribution in [0.2, 0.25) is 0 Å². The number of nitrogens with zero attached hydrogens (tertiary/aromatic N) is 1. The van der Waals surface area contributed by atoms with Gasteiger partial charge in [-0.25, -0.2) is 4.98 Å². The first-order chi connectivity index (χ1) is 7.45. The molecule has 1 aromatic rings. The Labute approximate surface area is 91.0 Å². The van der Waals surface area contributed by atoms with Crippen molar-refractivity contribution in [3.05, 3.63) is 29.5 Å². The molecule has 6 heteroatoms. The number of hydrogen-bond donors (Lipinski definition) is 2. The van der Waals surface area contributed by atoms with Gasteiger partial charge in [-0.3, -0.25) is 0 Å². The Morgan fingerprint density at radius 3 is 2.62 bits per heavy atom. The van der Waals surface area contributed by atoms with E-state index in [2.05, 4.69) is 4.98 Å². The van der Waals surface area contributed by atoms with Crippen LogP contribution in [0.5, 0.6) is 0 Å². The van der Waals surface area contributed by atoms with E-state index >= 15 is 0 Å². The summed E-state index contributed by atoms with van der Waals surface area (Å²) in [6, 6.07) is 0.968. The third-order valence-corrected chi connectivity index (χ3v) is 1.89.